The lowest BCUT2D eigenvalue weighted by molar-refractivity contribution is -0.660. The summed E-state index contributed by atoms with van der Waals surface area (Å²) in [5, 5.41) is 2.33. The van der Waals surface area contributed by atoms with E-state index in [-0.39, 0.29) is 0 Å². The molecule has 0 aliphatic rings. The molecule has 0 N–H and O–H groups in total. The van der Waals surface area contributed by atoms with Crippen LogP contribution in [0.4, 0.5) is 0 Å². The van der Waals surface area contributed by atoms with Crippen LogP contribution in [0.3, 0.4) is 0 Å². The first-order chi connectivity index (χ1) is 14.5. The summed E-state index contributed by atoms with van der Waals surface area (Å²) in [6.45, 7) is 6.64. The minimum Gasteiger partial charge on any atom is -0.455 e. The standard InChI is InChI=1S/C28H26NO/c1-18(2)20-8-7-9-21(16-20)22-14-15-29(4)25(17-22)27-19(3)12-13-24-23-10-5-6-11-26(23)30-28(24)27/h5-18H,1-4H3/q+1. The monoisotopic (exact) mass is 392 g/mol. The SMILES string of the molecule is Cc1ccc2c(oc3ccccc32)c1-c1cc(-c2cccc(C(C)C)c2)cc[n+]1C. The maximum absolute atomic E-state index is 6.36. The second kappa shape index (κ2) is 7.14. The molecule has 3 aromatic carbocycles. The molecule has 0 bridgehead atoms. The van der Waals surface area contributed by atoms with E-state index in [1.165, 1.54) is 27.6 Å². The highest BCUT2D eigenvalue weighted by Gasteiger charge is 2.21. The number of hydrogen-bond acceptors (Lipinski definition) is 1. The van der Waals surface area contributed by atoms with Crippen molar-refractivity contribution in [1.82, 2.24) is 0 Å². The van der Waals surface area contributed by atoms with Gasteiger partial charge in [0, 0.05) is 22.9 Å². The quantitative estimate of drug-likeness (QED) is 0.297. The van der Waals surface area contributed by atoms with Crippen molar-refractivity contribution in [3.05, 3.63) is 90.1 Å². The molecule has 2 nitrogen and oxygen atoms in total. The predicted octanol–water partition coefficient (Wildman–Crippen LogP) is 7.18. The molecule has 30 heavy (non-hydrogen) atoms. The Balaban J connectivity index is 1.75. The highest BCUT2D eigenvalue weighted by molar-refractivity contribution is 6.09. The van der Waals surface area contributed by atoms with E-state index in [4.69, 9.17) is 4.42 Å². The molecule has 0 aliphatic carbocycles. The zero-order valence-corrected chi connectivity index (χ0v) is 17.9. The van der Waals surface area contributed by atoms with Gasteiger partial charge in [-0.15, -0.1) is 0 Å². The number of rotatable bonds is 3. The normalized spacial score (nSPS) is 11.6. The van der Waals surface area contributed by atoms with Gasteiger partial charge in [0.05, 0.1) is 5.56 Å². The van der Waals surface area contributed by atoms with Crippen LogP contribution in [0.5, 0.6) is 0 Å². The first-order valence-electron chi connectivity index (χ1n) is 10.5. The van der Waals surface area contributed by atoms with Crippen LogP contribution < -0.4 is 4.57 Å². The molecule has 0 amide bonds. The third-order valence-electron chi connectivity index (χ3n) is 6.05. The van der Waals surface area contributed by atoms with Crippen molar-refractivity contribution in [2.24, 2.45) is 7.05 Å². The van der Waals surface area contributed by atoms with E-state index in [0.29, 0.717) is 5.92 Å². The number of aryl methyl sites for hydroxylation is 2. The summed E-state index contributed by atoms with van der Waals surface area (Å²) in [6.07, 6.45) is 2.15. The first kappa shape index (κ1) is 18.6. The maximum atomic E-state index is 6.36. The summed E-state index contributed by atoms with van der Waals surface area (Å²) in [4.78, 5) is 0. The van der Waals surface area contributed by atoms with Gasteiger partial charge in [-0.25, -0.2) is 4.57 Å². The topological polar surface area (TPSA) is 17.0 Å². The summed E-state index contributed by atoms with van der Waals surface area (Å²) in [6, 6.07) is 26.0. The fraction of sp³-hybridized carbons (Fsp3) is 0.179. The van der Waals surface area contributed by atoms with Gasteiger partial charge in [-0.3, -0.25) is 0 Å². The van der Waals surface area contributed by atoms with E-state index in [9.17, 15) is 0 Å². The van der Waals surface area contributed by atoms with Crippen molar-refractivity contribution in [3.63, 3.8) is 0 Å². The number of fused-ring (bicyclic) bond motifs is 3. The Kier molecular flexibility index (Phi) is 4.43. The summed E-state index contributed by atoms with van der Waals surface area (Å²) in [5.74, 6) is 0.510. The number of para-hydroxylation sites is 1. The average Bonchev–Trinajstić information content (AvgIpc) is 3.13. The van der Waals surface area contributed by atoms with Crippen molar-refractivity contribution in [3.8, 4) is 22.4 Å². The summed E-state index contributed by atoms with van der Waals surface area (Å²) in [7, 11) is 2.10. The van der Waals surface area contributed by atoms with Crippen LogP contribution in [0.2, 0.25) is 0 Å². The van der Waals surface area contributed by atoms with E-state index >= 15 is 0 Å². The molecule has 2 heterocycles. The zero-order chi connectivity index (χ0) is 20.8. The van der Waals surface area contributed by atoms with Crippen LogP contribution >= 0.6 is 0 Å². The Morgan fingerprint density at radius 2 is 1.60 bits per heavy atom. The minimum absolute atomic E-state index is 0.510. The minimum atomic E-state index is 0.510. The molecular weight excluding hydrogens is 366 g/mol. The zero-order valence-electron chi connectivity index (χ0n) is 17.9. The van der Waals surface area contributed by atoms with Gasteiger partial charge in [0.2, 0.25) is 5.69 Å². The molecule has 0 saturated carbocycles. The Labute approximate surface area is 177 Å². The fourth-order valence-corrected chi connectivity index (χ4v) is 4.28. The number of nitrogens with zero attached hydrogens (tertiary/aromatic N) is 1. The predicted molar refractivity (Wildman–Crippen MR) is 125 cm³/mol. The number of benzene rings is 3. The number of pyridine rings is 1. The molecule has 5 rings (SSSR count). The second-order valence-corrected chi connectivity index (χ2v) is 8.42. The van der Waals surface area contributed by atoms with Gasteiger partial charge in [0.25, 0.3) is 0 Å². The van der Waals surface area contributed by atoms with Crippen LogP contribution in [0.1, 0.15) is 30.9 Å². The molecule has 0 radical (unpaired) electrons. The smallest absolute Gasteiger partial charge is 0.216 e. The van der Waals surface area contributed by atoms with Crippen LogP contribution in [0.15, 0.2) is 83.4 Å². The second-order valence-electron chi connectivity index (χ2n) is 8.42. The van der Waals surface area contributed by atoms with Gasteiger partial charge in [-0.05, 0) is 41.2 Å². The van der Waals surface area contributed by atoms with Crippen molar-refractivity contribution < 1.29 is 8.98 Å². The number of hydrogen-bond donors (Lipinski definition) is 0. The largest absolute Gasteiger partial charge is 0.455 e. The van der Waals surface area contributed by atoms with Crippen molar-refractivity contribution in [2.75, 3.05) is 0 Å². The highest BCUT2D eigenvalue weighted by Crippen LogP contribution is 2.37. The summed E-state index contributed by atoms with van der Waals surface area (Å²) >= 11 is 0. The Hall–Kier alpha value is -3.39. The van der Waals surface area contributed by atoms with Gasteiger partial charge in [0.15, 0.2) is 6.20 Å². The average molecular weight is 393 g/mol. The third-order valence-corrected chi connectivity index (χ3v) is 6.05. The lowest BCUT2D eigenvalue weighted by Gasteiger charge is -2.10. The van der Waals surface area contributed by atoms with Crippen molar-refractivity contribution in [1.29, 1.82) is 0 Å². The molecule has 5 aromatic rings. The maximum Gasteiger partial charge on any atom is 0.216 e. The molecule has 2 aromatic heterocycles. The molecule has 0 unspecified atom stereocenters. The van der Waals surface area contributed by atoms with E-state index in [1.807, 2.05) is 12.1 Å². The molecular formula is C28H26NO+. The van der Waals surface area contributed by atoms with Gasteiger partial charge >= 0.3 is 0 Å². The lowest BCUT2D eigenvalue weighted by atomic mass is 9.95. The number of furan rings is 1. The molecule has 2 heteroatoms. The van der Waals surface area contributed by atoms with E-state index in [1.54, 1.807) is 0 Å². The van der Waals surface area contributed by atoms with Crippen LogP contribution in [-0.2, 0) is 7.05 Å². The molecule has 0 aliphatic heterocycles. The third kappa shape index (κ3) is 3.00. The van der Waals surface area contributed by atoms with Crippen LogP contribution in [-0.4, -0.2) is 0 Å². The Bertz CT molecular complexity index is 1390. The first-order valence-corrected chi connectivity index (χ1v) is 10.5. The Morgan fingerprint density at radius 3 is 2.43 bits per heavy atom. The van der Waals surface area contributed by atoms with Gasteiger partial charge in [-0.1, -0.05) is 68.4 Å². The Morgan fingerprint density at radius 1 is 0.800 bits per heavy atom. The van der Waals surface area contributed by atoms with Gasteiger partial charge < -0.3 is 4.42 Å². The summed E-state index contributed by atoms with van der Waals surface area (Å²) < 4.78 is 8.54. The van der Waals surface area contributed by atoms with Gasteiger partial charge in [-0.2, -0.15) is 0 Å². The lowest BCUT2D eigenvalue weighted by Crippen LogP contribution is -2.30. The van der Waals surface area contributed by atoms with Crippen molar-refractivity contribution >= 4 is 21.9 Å². The summed E-state index contributed by atoms with van der Waals surface area (Å²) in [5.41, 5.74) is 9.25. The molecule has 0 saturated heterocycles. The molecule has 0 spiro atoms. The van der Waals surface area contributed by atoms with E-state index < -0.39 is 0 Å². The van der Waals surface area contributed by atoms with Gasteiger partial charge in [0.1, 0.15) is 18.2 Å². The molecule has 0 fully saturated rings. The fourth-order valence-electron chi connectivity index (χ4n) is 4.28. The van der Waals surface area contributed by atoms with Crippen molar-refractivity contribution in [2.45, 2.75) is 26.7 Å². The van der Waals surface area contributed by atoms with E-state index in [2.05, 4.69) is 99.2 Å². The number of aromatic nitrogens is 1. The van der Waals surface area contributed by atoms with Crippen LogP contribution in [0.25, 0.3) is 44.3 Å². The highest BCUT2D eigenvalue weighted by atomic mass is 16.3. The molecule has 0 atom stereocenters. The van der Waals surface area contributed by atoms with Crippen LogP contribution in [0, 0.1) is 6.92 Å². The van der Waals surface area contributed by atoms with E-state index in [0.717, 1.165) is 27.8 Å². The molecule has 148 valence electrons.